The Balaban J connectivity index is 0. The fourth-order valence-corrected chi connectivity index (χ4v) is 6.29. The Bertz CT molecular complexity index is 429. The highest BCUT2D eigenvalue weighted by Crippen LogP contribution is 2.23. The molecule has 3 N–H and O–H groups in total. The minimum absolute atomic E-state index is 0. The molecule has 0 saturated heterocycles. The maximum absolute atomic E-state index is 6.34. The van der Waals surface area contributed by atoms with Crippen molar-refractivity contribution in [2.24, 2.45) is 0 Å². The summed E-state index contributed by atoms with van der Waals surface area (Å²) in [6.45, 7) is 9.60. The first-order chi connectivity index (χ1) is 16.4. The van der Waals surface area contributed by atoms with Crippen LogP contribution in [0.4, 0.5) is 0 Å². The molecule has 0 bridgehead atoms. The van der Waals surface area contributed by atoms with Crippen LogP contribution in [-0.4, -0.2) is 28.3 Å². The Morgan fingerprint density at radius 3 is 1.29 bits per heavy atom. The lowest BCUT2D eigenvalue weighted by atomic mass is 9.99. The normalized spacial score (nSPS) is 13.5. The first-order valence-corrected chi connectivity index (χ1v) is 17.1. The third-order valence-electron chi connectivity index (χ3n) is 6.95. The standard InChI is InChI=1S/C29H64NO3Si.ClH/c1-6-8-10-12-14-16-18-20-22-24-26-28-32-34(30,31-5)33-29(3,4)27-25-23-21-19-17-15-13-11-9-7-2;/h6-28H2,1-5,30H3;1H/q+1;/p-1. The van der Waals surface area contributed by atoms with E-state index in [1.54, 1.807) is 7.11 Å². The van der Waals surface area contributed by atoms with E-state index in [-0.39, 0.29) is 18.0 Å². The van der Waals surface area contributed by atoms with Gasteiger partial charge in [0.25, 0.3) is 0 Å². The first-order valence-electron chi connectivity index (χ1n) is 15.1. The molecular weight excluding hydrogens is 474 g/mol. The van der Waals surface area contributed by atoms with E-state index in [2.05, 4.69) is 33.1 Å². The molecule has 0 saturated carbocycles. The lowest BCUT2D eigenvalue weighted by molar-refractivity contribution is -0.324. The maximum atomic E-state index is 6.34. The molecule has 0 rings (SSSR count). The van der Waals surface area contributed by atoms with Crippen molar-refractivity contribution in [1.82, 2.24) is 0 Å². The average molecular weight is 538 g/mol. The molecule has 6 heteroatoms. The summed E-state index contributed by atoms with van der Waals surface area (Å²) < 4.78 is 18.1. The quantitative estimate of drug-likeness (QED) is 0.107. The Labute approximate surface area is 228 Å². The Kier molecular flexibility index (Phi) is 27.8. The van der Waals surface area contributed by atoms with Gasteiger partial charge in [-0.3, -0.25) is 0 Å². The van der Waals surface area contributed by atoms with Crippen LogP contribution in [0.3, 0.4) is 0 Å². The van der Waals surface area contributed by atoms with Crippen molar-refractivity contribution in [3.8, 4) is 0 Å². The minimum Gasteiger partial charge on any atom is -1.00 e. The van der Waals surface area contributed by atoms with Gasteiger partial charge in [-0.15, -0.1) is 0 Å². The zero-order valence-electron chi connectivity index (χ0n) is 24.6. The van der Waals surface area contributed by atoms with Gasteiger partial charge in [-0.2, -0.15) is 0 Å². The molecule has 0 aromatic rings. The second-order valence-electron chi connectivity index (χ2n) is 11.1. The SMILES string of the molecule is CCCCCCCCCCCCCO[Si]([NH3+])(OC)OC(C)(C)CCCCCCCCCCCC.[Cl-]. The van der Waals surface area contributed by atoms with E-state index in [0.717, 1.165) is 12.8 Å². The summed E-state index contributed by atoms with van der Waals surface area (Å²) in [5.41, 5.74) is -0.235. The van der Waals surface area contributed by atoms with Gasteiger partial charge in [-0.25, -0.2) is 0 Å². The van der Waals surface area contributed by atoms with Crippen LogP contribution >= 0.6 is 0 Å². The summed E-state index contributed by atoms with van der Waals surface area (Å²) in [6, 6.07) is 0. The van der Waals surface area contributed by atoms with E-state index in [9.17, 15) is 0 Å². The summed E-state index contributed by atoms with van der Waals surface area (Å²) in [7, 11) is -1.11. The van der Waals surface area contributed by atoms with Crippen molar-refractivity contribution < 1.29 is 31.1 Å². The molecule has 0 radical (unpaired) electrons. The van der Waals surface area contributed by atoms with Gasteiger partial charge in [0.15, 0.2) is 0 Å². The van der Waals surface area contributed by atoms with Crippen LogP contribution in [-0.2, 0) is 13.3 Å². The fourth-order valence-electron chi connectivity index (χ4n) is 4.63. The van der Waals surface area contributed by atoms with Crippen LogP contribution in [0.15, 0.2) is 0 Å². The fraction of sp³-hybridized carbons (Fsp3) is 1.00. The molecule has 0 aliphatic rings. The van der Waals surface area contributed by atoms with Crippen LogP contribution in [0.2, 0.25) is 0 Å². The number of halogens is 1. The zero-order chi connectivity index (χ0) is 25.4. The molecule has 1 atom stereocenters. The van der Waals surface area contributed by atoms with Crippen LogP contribution in [0.5, 0.6) is 0 Å². The highest BCUT2D eigenvalue weighted by atomic mass is 35.5. The number of hydrogen-bond acceptors (Lipinski definition) is 3. The number of unbranched alkanes of at least 4 members (excludes halogenated alkanes) is 19. The summed E-state index contributed by atoms with van der Waals surface area (Å²) in [6.07, 6.45) is 29.4. The molecule has 0 aliphatic carbocycles. The van der Waals surface area contributed by atoms with E-state index in [0.29, 0.717) is 6.61 Å². The van der Waals surface area contributed by atoms with Gasteiger partial charge in [0.2, 0.25) is 0 Å². The van der Waals surface area contributed by atoms with Crippen LogP contribution < -0.4 is 17.8 Å². The van der Waals surface area contributed by atoms with Gasteiger partial charge in [0, 0.05) is 13.7 Å². The molecule has 0 spiro atoms. The van der Waals surface area contributed by atoms with Crippen molar-refractivity contribution in [3.63, 3.8) is 0 Å². The summed E-state index contributed by atoms with van der Waals surface area (Å²) in [4.78, 5) is 0. The summed E-state index contributed by atoms with van der Waals surface area (Å²) in [5.74, 6) is 0. The Morgan fingerprint density at radius 1 is 0.571 bits per heavy atom. The third kappa shape index (κ3) is 25.8. The molecule has 0 fully saturated rings. The van der Waals surface area contributed by atoms with Gasteiger partial charge in [-0.1, -0.05) is 142 Å². The Hall–Kier alpha value is 0.347. The predicted molar refractivity (Wildman–Crippen MR) is 150 cm³/mol. The highest BCUT2D eigenvalue weighted by Gasteiger charge is 2.50. The van der Waals surface area contributed by atoms with Gasteiger partial charge < -0.3 is 31.1 Å². The Morgan fingerprint density at radius 2 is 0.914 bits per heavy atom. The predicted octanol–water partition coefficient (Wildman–Crippen LogP) is 5.75. The van der Waals surface area contributed by atoms with E-state index >= 15 is 0 Å². The van der Waals surface area contributed by atoms with Gasteiger partial charge in [-0.05, 0) is 26.7 Å². The summed E-state index contributed by atoms with van der Waals surface area (Å²) >= 11 is 0. The van der Waals surface area contributed by atoms with Crippen molar-refractivity contribution in [3.05, 3.63) is 0 Å². The lowest BCUT2D eigenvalue weighted by Gasteiger charge is -2.30. The first kappa shape index (κ1) is 37.5. The molecule has 0 heterocycles. The van der Waals surface area contributed by atoms with Crippen LogP contribution in [0.25, 0.3) is 0 Å². The molecule has 4 nitrogen and oxygen atoms in total. The summed E-state index contributed by atoms with van der Waals surface area (Å²) in [5, 5.41) is 4.23. The van der Waals surface area contributed by atoms with Crippen LogP contribution in [0.1, 0.15) is 169 Å². The zero-order valence-corrected chi connectivity index (χ0v) is 26.3. The lowest BCUT2D eigenvalue weighted by Crippen LogP contribution is -3.00. The second-order valence-corrected chi connectivity index (χ2v) is 13.3. The molecule has 0 aromatic carbocycles. The van der Waals surface area contributed by atoms with E-state index in [4.69, 9.17) is 13.3 Å². The molecule has 0 aliphatic heterocycles. The molecule has 1 unspecified atom stereocenters. The smallest absolute Gasteiger partial charge is 0.779 e. The third-order valence-corrected chi connectivity index (χ3v) is 9.07. The molecule has 0 amide bonds. The van der Waals surface area contributed by atoms with Gasteiger partial charge in [0.05, 0.1) is 5.60 Å². The topological polar surface area (TPSA) is 55.3 Å². The van der Waals surface area contributed by atoms with E-state index < -0.39 is 8.97 Å². The monoisotopic (exact) mass is 537 g/mol. The molecule has 35 heavy (non-hydrogen) atoms. The molecule has 0 aromatic heterocycles. The second kappa shape index (κ2) is 26.0. The molecule has 214 valence electrons. The van der Waals surface area contributed by atoms with Crippen molar-refractivity contribution in [2.45, 2.75) is 175 Å². The minimum atomic E-state index is -2.80. The maximum Gasteiger partial charge on any atom is 0.779 e. The number of hydrogen-bond donors (Lipinski definition) is 1. The van der Waals surface area contributed by atoms with Crippen LogP contribution in [0, 0.1) is 0 Å². The number of rotatable bonds is 27. The van der Waals surface area contributed by atoms with Gasteiger partial charge >= 0.3 is 8.97 Å². The van der Waals surface area contributed by atoms with E-state index in [1.807, 2.05) is 0 Å². The largest absolute Gasteiger partial charge is 1.00 e. The van der Waals surface area contributed by atoms with Gasteiger partial charge in [0.1, 0.15) is 0 Å². The van der Waals surface area contributed by atoms with E-state index in [1.165, 1.54) is 128 Å². The average Bonchev–Trinajstić information content (AvgIpc) is 2.80. The highest BCUT2D eigenvalue weighted by molar-refractivity contribution is 6.50. The van der Waals surface area contributed by atoms with Crippen molar-refractivity contribution in [2.75, 3.05) is 13.7 Å². The number of quaternary nitrogens is 1. The molecular formula is C29H64ClNO3Si. The van der Waals surface area contributed by atoms with Crippen molar-refractivity contribution >= 4 is 8.97 Å². The van der Waals surface area contributed by atoms with Crippen molar-refractivity contribution in [1.29, 1.82) is 0 Å².